The molecule has 1 aromatic carbocycles. The number of fused-ring (bicyclic) bond motifs is 1. The molecular formula is C12H14BrNO2. The van der Waals surface area contributed by atoms with Gasteiger partial charge in [0.05, 0.1) is 0 Å². The van der Waals surface area contributed by atoms with Crippen molar-refractivity contribution in [1.29, 1.82) is 0 Å². The summed E-state index contributed by atoms with van der Waals surface area (Å²) in [5, 5.41) is 8.70. The first-order chi connectivity index (χ1) is 7.58. The zero-order valence-corrected chi connectivity index (χ0v) is 10.7. The second-order valence-corrected chi connectivity index (χ2v) is 5.09. The highest BCUT2D eigenvalue weighted by atomic mass is 79.9. The maximum absolute atomic E-state index is 10.6. The SMILES string of the molecule is CN1c2ccc(Br)cc2CC1CCC(=O)O. The van der Waals surface area contributed by atoms with Gasteiger partial charge in [0.25, 0.3) is 0 Å². The molecule has 1 aromatic rings. The number of halogens is 1. The topological polar surface area (TPSA) is 40.5 Å². The number of rotatable bonds is 3. The number of anilines is 1. The highest BCUT2D eigenvalue weighted by Gasteiger charge is 2.26. The predicted octanol–water partition coefficient (Wildman–Crippen LogP) is 2.67. The Bertz CT molecular complexity index is 419. The molecule has 16 heavy (non-hydrogen) atoms. The van der Waals surface area contributed by atoms with Crippen molar-refractivity contribution in [3.63, 3.8) is 0 Å². The van der Waals surface area contributed by atoms with Crippen LogP contribution in [0.2, 0.25) is 0 Å². The van der Waals surface area contributed by atoms with Gasteiger partial charge in [-0.15, -0.1) is 0 Å². The number of hydrogen-bond acceptors (Lipinski definition) is 2. The number of aliphatic carboxylic acids is 1. The van der Waals surface area contributed by atoms with E-state index in [9.17, 15) is 4.79 Å². The van der Waals surface area contributed by atoms with Gasteiger partial charge >= 0.3 is 5.97 Å². The minimum Gasteiger partial charge on any atom is -0.481 e. The molecule has 86 valence electrons. The van der Waals surface area contributed by atoms with Crippen LogP contribution in [0.15, 0.2) is 22.7 Å². The van der Waals surface area contributed by atoms with E-state index < -0.39 is 5.97 Å². The second kappa shape index (κ2) is 4.45. The fourth-order valence-corrected chi connectivity index (χ4v) is 2.64. The smallest absolute Gasteiger partial charge is 0.303 e. The van der Waals surface area contributed by atoms with E-state index in [0.29, 0.717) is 12.5 Å². The lowest BCUT2D eigenvalue weighted by Crippen LogP contribution is -2.28. The molecule has 3 nitrogen and oxygen atoms in total. The van der Waals surface area contributed by atoms with Gasteiger partial charge < -0.3 is 10.0 Å². The Balaban J connectivity index is 2.11. The Kier molecular flexibility index (Phi) is 3.19. The van der Waals surface area contributed by atoms with Crippen LogP contribution in [0.3, 0.4) is 0 Å². The molecule has 1 atom stereocenters. The third-order valence-electron chi connectivity index (χ3n) is 3.12. The maximum Gasteiger partial charge on any atom is 0.303 e. The molecule has 1 aliphatic rings. The second-order valence-electron chi connectivity index (χ2n) is 4.17. The van der Waals surface area contributed by atoms with Crippen molar-refractivity contribution in [2.75, 3.05) is 11.9 Å². The fourth-order valence-electron chi connectivity index (χ4n) is 2.23. The number of nitrogens with zero attached hydrogens (tertiary/aromatic N) is 1. The minimum absolute atomic E-state index is 0.240. The summed E-state index contributed by atoms with van der Waals surface area (Å²) < 4.78 is 1.08. The molecule has 0 aliphatic carbocycles. The van der Waals surface area contributed by atoms with Gasteiger partial charge in [0.15, 0.2) is 0 Å². The van der Waals surface area contributed by atoms with Crippen LogP contribution < -0.4 is 4.90 Å². The Morgan fingerprint density at radius 3 is 3.06 bits per heavy atom. The monoisotopic (exact) mass is 283 g/mol. The number of carbonyl (C=O) groups is 1. The van der Waals surface area contributed by atoms with Crippen LogP contribution in [0.4, 0.5) is 5.69 Å². The summed E-state index contributed by atoms with van der Waals surface area (Å²) in [7, 11) is 2.03. The third kappa shape index (κ3) is 2.21. The van der Waals surface area contributed by atoms with E-state index in [1.807, 2.05) is 13.1 Å². The highest BCUT2D eigenvalue weighted by Crippen LogP contribution is 2.34. The van der Waals surface area contributed by atoms with Crippen LogP contribution in [0.25, 0.3) is 0 Å². The van der Waals surface area contributed by atoms with Gasteiger partial charge in [-0.25, -0.2) is 0 Å². The summed E-state index contributed by atoms with van der Waals surface area (Å²) in [5.74, 6) is -0.717. The fraction of sp³-hybridized carbons (Fsp3) is 0.417. The lowest BCUT2D eigenvalue weighted by molar-refractivity contribution is -0.137. The summed E-state index contributed by atoms with van der Waals surface area (Å²) in [6, 6.07) is 6.54. The molecule has 0 fully saturated rings. The average molecular weight is 284 g/mol. The quantitative estimate of drug-likeness (QED) is 0.927. The molecule has 0 amide bonds. The van der Waals surface area contributed by atoms with Gasteiger partial charge in [-0.2, -0.15) is 0 Å². The third-order valence-corrected chi connectivity index (χ3v) is 3.61. The van der Waals surface area contributed by atoms with Gasteiger partial charge in [0.1, 0.15) is 0 Å². The average Bonchev–Trinajstić information content (AvgIpc) is 2.52. The number of hydrogen-bond donors (Lipinski definition) is 1. The Morgan fingerprint density at radius 1 is 1.62 bits per heavy atom. The first-order valence-corrected chi connectivity index (χ1v) is 6.10. The van der Waals surface area contributed by atoms with Crippen molar-refractivity contribution < 1.29 is 9.90 Å². The van der Waals surface area contributed by atoms with Gasteiger partial charge in [-0.3, -0.25) is 4.79 Å². The Hall–Kier alpha value is -1.03. The molecule has 0 bridgehead atoms. The molecule has 1 unspecified atom stereocenters. The minimum atomic E-state index is -0.717. The Labute approximate surface area is 103 Å². The molecule has 1 heterocycles. The van der Waals surface area contributed by atoms with E-state index in [1.54, 1.807) is 0 Å². The molecule has 2 rings (SSSR count). The number of benzene rings is 1. The normalized spacial score (nSPS) is 18.6. The predicted molar refractivity (Wildman–Crippen MR) is 66.9 cm³/mol. The molecule has 0 saturated carbocycles. The van der Waals surface area contributed by atoms with E-state index in [0.717, 1.165) is 10.9 Å². The lowest BCUT2D eigenvalue weighted by Gasteiger charge is -2.21. The van der Waals surface area contributed by atoms with Gasteiger partial charge in [0, 0.05) is 29.7 Å². The van der Waals surface area contributed by atoms with Crippen LogP contribution in [-0.2, 0) is 11.2 Å². The molecule has 0 spiro atoms. The first-order valence-electron chi connectivity index (χ1n) is 5.31. The Morgan fingerprint density at radius 2 is 2.38 bits per heavy atom. The largest absolute Gasteiger partial charge is 0.481 e. The van der Waals surface area contributed by atoms with Gasteiger partial charge in [-0.05, 0) is 36.6 Å². The van der Waals surface area contributed by atoms with Gasteiger partial charge in [-0.1, -0.05) is 15.9 Å². The van der Waals surface area contributed by atoms with Crippen molar-refractivity contribution in [2.45, 2.75) is 25.3 Å². The van der Waals surface area contributed by atoms with E-state index in [4.69, 9.17) is 5.11 Å². The zero-order chi connectivity index (χ0) is 11.7. The maximum atomic E-state index is 10.6. The van der Waals surface area contributed by atoms with Crippen LogP contribution in [0.1, 0.15) is 18.4 Å². The van der Waals surface area contributed by atoms with Crippen molar-refractivity contribution in [2.24, 2.45) is 0 Å². The van der Waals surface area contributed by atoms with E-state index in [2.05, 4.69) is 33.0 Å². The highest BCUT2D eigenvalue weighted by molar-refractivity contribution is 9.10. The molecule has 0 aromatic heterocycles. The molecule has 0 saturated heterocycles. The van der Waals surface area contributed by atoms with E-state index in [1.165, 1.54) is 11.3 Å². The first kappa shape index (κ1) is 11.5. The molecule has 1 N–H and O–H groups in total. The summed E-state index contributed by atoms with van der Waals surface area (Å²) in [6.07, 6.45) is 1.89. The van der Waals surface area contributed by atoms with Gasteiger partial charge in [0.2, 0.25) is 0 Å². The summed E-state index contributed by atoms with van der Waals surface area (Å²) in [5.41, 5.74) is 2.52. The molecular weight excluding hydrogens is 270 g/mol. The summed E-state index contributed by atoms with van der Waals surface area (Å²) >= 11 is 3.45. The number of carboxylic acids is 1. The summed E-state index contributed by atoms with van der Waals surface area (Å²) in [6.45, 7) is 0. The lowest BCUT2D eigenvalue weighted by atomic mass is 10.1. The van der Waals surface area contributed by atoms with Crippen LogP contribution >= 0.6 is 15.9 Å². The van der Waals surface area contributed by atoms with Crippen molar-refractivity contribution in [1.82, 2.24) is 0 Å². The van der Waals surface area contributed by atoms with Crippen molar-refractivity contribution in [3.05, 3.63) is 28.2 Å². The van der Waals surface area contributed by atoms with Crippen molar-refractivity contribution in [3.8, 4) is 0 Å². The number of likely N-dealkylation sites (N-methyl/N-ethyl adjacent to an activating group) is 1. The molecule has 1 aliphatic heterocycles. The number of carboxylic acid groups (broad SMARTS) is 1. The van der Waals surface area contributed by atoms with Crippen LogP contribution in [-0.4, -0.2) is 24.2 Å². The molecule has 0 radical (unpaired) electrons. The summed E-state index contributed by atoms with van der Waals surface area (Å²) in [4.78, 5) is 12.7. The zero-order valence-electron chi connectivity index (χ0n) is 9.11. The van der Waals surface area contributed by atoms with E-state index >= 15 is 0 Å². The standard InChI is InChI=1S/C12H14BrNO2/c1-14-10(3-5-12(15)16)7-8-6-9(13)2-4-11(8)14/h2,4,6,10H,3,5,7H2,1H3,(H,15,16). The molecule has 4 heteroatoms. The van der Waals surface area contributed by atoms with Crippen LogP contribution in [0, 0.1) is 0 Å². The van der Waals surface area contributed by atoms with Crippen molar-refractivity contribution >= 4 is 27.6 Å². The van der Waals surface area contributed by atoms with E-state index in [-0.39, 0.29) is 6.42 Å². The van der Waals surface area contributed by atoms with Crippen LogP contribution in [0.5, 0.6) is 0 Å².